The summed E-state index contributed by atoms with van der Waals surface area (Å²) in [5, 5.41) is 8.87. The summed E-state index contributed by atoms with van der Waals surface area (Å²) >= 11 is 3.03. The maximum atomic E-state index is 13.3. The van der Waals surface area contributed by atoms with Gasteiger partial charge >= 0.3 is 5.97 Å². The summed E-state index contributed by atoms with van der Waals surface area (Å²) in [6.07, 6.45) is 0. The van der Waals surface area contributed by atoms with E-state index in [1.54, 1.807) is 13.0 Å². The Labute approximate surface area is 118 Å². The number of benzene rings is 1. The van der Waals surface area contributed by atoms with E-state index in [1.165, 1.54) is 17.0 Å². The van der Waals surface area contributed by atoms with E-state index in [0.717, 1.165) is 0 Å². The lowest BCUT2D eigenvalue weighted by Crippen LogP contribution is -2.53. The Bertz CT molecular complexity index is 529. The van der Waals surface area contributed by atoms with Gasteiger partial charge in [0.25, 0.3) is 5.91 Å². The molecule has 1 aliphatic heterocycles. The normalized spacial score (nSPS) is 16.9. The number of hydrogen-bond donors (Lipinski definition) is 1. The highest BCUT2D eigenvalue weighted by molar-refractivity contribution is 9.10. The molecule has 2 rings (SSSR count). The van der Waals surface area contributed by atoms with E-state index in [9.17, 15) is 14.0 Å². The van der Waals surface area contributed by atoms with Crippen LogP contribution >= 0.6 is 15.9 Å². The Balaban J connectivity index is 2.00. The number of nitrogens with zero attached hydrogens (tertiary/aromatic N) is 1. The zero-order valence-electron chi connectivity index (χ0n) is 10.3. The standard InChI is InChI=1S/C13H13BrFNO3/c1-7(13(18)19)9-5-16(6-9)12(17)8-2-3-10(14)11(15)4-8/h2-4,7,9H,5-6H2,1H3,(H,18,19). The highest BCUT2D eigenvalue weighted by Crippen LogP contribution is 2.26. The van der Waals surface area contributed by atoms with Gasteiger partial charge in [0.05, 0.1) is 10.4 Å². The molecular weight excluding hydrogens is 317 g/mol. The van der Waals surface area contributed by atoms with E-state index in [-0.39, 0.29) is 17.4 Å². The summed E-state index contributed by atoms with van der Waals surface area (Å²) in [6.45, 7) is 2.45. The smallest absolute Gasteiger partial charge is 0.306 e. The lowest BCUT2D eigenvalue weighted by atomic mass is 9.86. The van der Waals surface area contributed by atoms with E-state index in [1.807, 2.05) is 0 Å². The van der Waals surface area contributed by atoms with Crippen molar-refractivity contribution in [3.05, 3.63) is 34.1 Å². The second kappa shape index (κ2) is 5.28. The minimum Gasteiger partial charge on any atom is -0.481 e. The average Bonchev–Trinajstić information content (AvgIpc) is 2.30. The number of rotatable bonds is 3. The van der Waals surface area contributed by atoms with Crippen LogP contribution in [-0.4, -0.2) is 35.0 Å². The summed E-state index contributed by atoms with van der Waals surface area (Å²) in [5.41, 5.74) is 0.280. The van der Waals surface area contributed by atoms with Crippen molar-refractivity contribution >= 4 is 27.8 Å². The number of hydrogen-bond acceptors (Lipinski definition) is 2. The van der Waals surface area contributed by atoms with Gasteiger partial charge in [-0.25, -0.2) is 4.39 Å². The lowest BCUT2D eigenvalue weighted by Gasteiger charge is -2.41. The third-order valence-electron chi connectivity index (χ3n) is 3.46. The Morgan fingerprint density at radius 2 is 2.11 bits per heavy atom. The first-order chi connectivity index (χ1) is 8.90. The fourth-order valence-corrected chi connectivity index (χ4v) is 2.25. The van der Waals surface area contributed by atoms with Gasteiger partial charge in [-0.1, -0.05) is 6.92 Å². The van der Waals surface area contributed by atoms with Crippen LogP contribution in [0.1, 0.15) is 17.3 Å². The van der Waals surface area contributed by atoms with Crippen molar-refractivity contribution in [2.24, 2.45) is 11.8 Å². The largest absolute Gasteiger partial charge is 0.481 e. The molecule has 0 spiro atoms. The molecule has 1 saturated heterocycles. The van der Waals surface area contributed by atoms with Crippen LogP contribution in [0.5, 0.6) is 0 Å². The molecule has 102 valence electrons. The summed E-state index contributed by atoms with van der Waals surface area (Å²) in [5.74, 6) is -2.10. The van der Waals surface area contributed by atoms with Crippen LogP contribution in [0, 0.1) is 17.7 Å². The molecular formula is C13H13BrFNO3. The van der Waals surface area contributed by atoms with Crippen LogP contribution in [0.25, 0.3) is 0 Å². The minimum absolute atomic E-state index is 0.0262. The summed E-state index contributed by atoms with van der Waals surface area (Å²) < 4.78 is 13.7. The number of amides is 1. The van der Waals surface area contributed by atoms with Crippen molar-refractivity contribution in [1.82, 2.24) is 4.90 Å². The second-order valence-corrected chi connectivity index (χ2v) is 5.58. The zero-order valence-corrected chi connectivity index (χ0v) is 11.9. The van der Waals surface area contributed by atoms with Gasteiger partial charge < -0.3 is 10.0 Å². The lowest BCUT2D eigenvalue weighted by molar-refractivity contribution is -0.144. The molecule has 1 heterocycles. The fourth-order valence-electron chi connectivity index (χ4n) is 2.01. The number of carbonyl (C=O) groups excluding carboxylic acids is 1. The van der Waals surface area contributed by atoms with Crippen LogP contribution in [0.4, 0.5) is 4.39 Å². The Morgan fingerprint density at radius 3 is 2.63 bits per heavy atom. The predicted molar refractivity (Wildman–Crippen MR) is 70.3 cm³/mol. The van der Waals surface area contributed by atoms with Gasteiger partial charge in [0, 0.05) is 24.6 Å². The Kier molecular flexibility index (Phi) is 3.89. The van der Waals surface area contributed by atoms with E-state index in [4.69, 9.17) is 5.11 Å². The number of halogens is 2. The summed E-state index contributed by atoms with van der Waals surface area (Å²) in [4.78, 5) is 24.4. The van der Waals surface area contributed by atoms with Crippen molar-refractivity contribution in [3.63, 3.8) is 0 Å². The first-order valence-electron chi connectivity index (χ1n) is 5.87. The molecule has 1 unspecified atom stereocenters. The molecule has 1 aromatic rings. The summed E-state index contributed by atoms with van der Waals surface area (Å²) in [7, 11) is 0. The van der Waals surface area contributed by atoms with Crippen LogP contribution in [-0.2, 0) is 4.79 Å². The fraction of sp³-hybridized carbons (Fsp3) is 0.385. The van der Waals surface area contributed by atoms with Crippen molar-refractivity contribution < 1.29 is 19.1 Å². The third kappa shape index (κ3) is 2.78. The molecule has 1 fully saturated rings. The molecule has 0 aromatic heterocycles. The topological polar surface area (TPSA) is 57.6 Å². The van der Waals surface area contributed by atoms with Crippen LogP contribution < -0.4 is 0 Å². The maximum Gasteiger partial charge on any atom is 0.306 e. The highest BCUT2D eigenvalue weighted by atomic mass is 79.9. The van der Waals surface area contributed by atoms with Crippen LogP contribution in [0.15, 0.2) is 22.7 Å². The molecule has 4 nitrogen and oxygen atoms in total. The predicted octanol–water partition coefficient (Wildman–Crippen LogP) is 2.38. The average molecular weight is 330 g/mol. The van der Waals surface area contributed by atoms with Gasteiger partial charge in [0.15, 0.2) is 0 Å². The number of carboxylic acids is 1. The minimum atomic E-state index is -0.855. The molecule has 1 aromatic carbocycles. The first-order valence-corrected chi connectivity index (χ1v) is 6.66. The van der Waals surface area contributed by atoms with Crippen LogP contribution in [0.3, 0.4) is 0 Å². The van der Waals surface area contributed by atoms with Crippen molar-refractivity contribution in [2.45, 2.75) is 6.92 Å². The van der Waals surface area contributed by atoms with E-state index < -0.39 is 17.7 Å². The van der Waals surface area contributed by atoms with Crippen molar-refractivity contribution in [3.8, 4) is 0 Å². The van der Waals surface area contributed by atoms with Crippen molar-refractivity contribution in [1.29, 1.82) is 0 Å². The van der Waals surface area contributed by atoms with Gasteiger partial charge in [-0.3, -0.25) is 9.59 Å². The van der Waals surface area contributed by atoms with Gasteiger partial charge in [-0.05, 0) is 34.1 Å². The molecule has 0 bridgehead atoms. The maximum absolute atomic E-state index is 13.3. The zero-order chi connectivity index (χ0) is 14.2. The first kappa shape index (κ1) is 14.0. The molecule has 1 atom stereocenters. The number of likely N-dealkylation sites (tertiary alicyclic amines) is 1. The van der Waals surface area contributed by atoms with E-state index in [2.05, 4.69) is 15.9 Å². The highest BCUT2D eigenvalue weighted by Gasteiger charge is 2.37. The molecule has 0 aliphatic carbocycles. The van der Waals surface area contributed by atoms with Gasteiger partial charge in [-0.2, -0.15) is 0 Å². The summed E-state index contributed by atoms with van der Waals surface area (Å²) in [6, 6.07) is 4.21. The Hall–Kier alpha value is -1.43. The van der Waals surface area contributed by atoms with Crippen LogP contribution in [0.2, 0.25) is 0 Å². The molecule has 0 saturated carbocycles. The van der Waals surface area contributed by atoms with E-state index in [0.29, 0.717) is 17.6 Å². The third-order valence-corrected chi connectivity index (χ3v) is 4.10. The quantitative estimate of drug-likeness (QED) is 0.926. The monoisotopic (exact) mass is 329 g/mol. The molecule has 6 heteroatoms. The number of carbonyl (C=O) groups is 2. The number of carboxylic acid groups (broad SMARTS) is 1. The molecule has 1 N–H and O–H groups in total. The molecule has 19 heavy (non-hydrogen) atoms. The Morgan fingerprint density at radius 1 is 1.47 bits per heavy atom. The molecule has 0 radical (unpaired) electrons. The number of aliphatic carboxylic acids is 1. The molecule has 1 aliphatic rings. The van der Waals surface area contributed by atoms with Gasteiger partial charge in [0.1, 0.15) is 5.82 Å². The molecule has 1 amide bonds. The SMILES string of the molecule is CC(C(=O)O)C1CN(C(=O)c2ccc(Br)c(F)c2)C1. The van der Waals surface area contributed by atoms with Gasteiger partial charge in [0.2, 0.25) is 0 Å². The van der Waals surface area contributed by atoms with Crippen molar-refractivity contribution in [2.75, 3.05) is 13.1 Å². The second-order valence-electron chi connectivity index (χ2n) is 4.73. The van der Waals surface area contributed by atoms with Gasteiger partial charge in [-0.15, -0.1) is 0 Å². The van der Waals surface area contributed by atoms with E-state index >= 15 is 0 Å².